The fourth-order valence-electron chi connectivity index (χ4n) is 3.13. The van der Waals surface area contributed by atoms with Crippen LogP contribution in [-0.4, -0.2) is 33.1 Å². The summed E-state index contributed by atoms with van der Waals surface area (Å²) in [5, 5.41) is 10.8. The number of hydrogen-bond acceptors (Lipinski definition) is 5. The van der Waals surface area contributed by atoms with Crippen molar-refractivity contribution >= 4 is 5.82 Å². The number of nitrogens with zero attached hydrogens (tertiary/aromatic N) is 4. The molecular formula is C20H19FN4O. The van der Waals surface area contributed by atoms with Gasteiger partial charge in [0.05, 0.1) is 13.1 Å². The Morgan fingerprint density at radius 3 is 2.54 bits per heavy atom. The van der Waals surface area contributed by atoms with E-state index in [1.165, 1.54) is 12.1 Å². The molecule has 3 aromatic rings. The molecule has 2 aromatic heterocycles. The summed E-state index contributed by atoms with van der Waals surface area (Å²) in [6, 6.07) is 13.6. The van der Waals surface area contributed by atoms with Crippen LogP contribution in [0.15, 0.2) is 54.7 Å². The maximum Gasteiger partial charge on any atom is 0.180 e. The zero-order valence-electron chi connectivity index (χ0n) is 14.4. The molecule has 1 fully saturated rings. The number of benzene rings is 1. The summed E-state index contributed by atoms with van der Waals surface area (Å²) in [6.45, 7) is 2.85. The summed E-state index contributed by atoms with van der Waals surface area (Å²) >= 11 is 0. The van der Waals surface area contributed by atoms with E-state index in [0.29, 0.717) is 24.5 Å². The molecule has 0 unspecified atom stereocenters. The van der Waals surface area contributed by atoms with Gasteiger partial charge in [-0.3, -0.25) is 4.98 Å². The maximum atomic E-state index is 13.1. The Labute approximate surface area is 151 Å². The third kappa shape index (κ3) is 3.04. The van der Waals surface area contributed by atoms with Gasteiger partial charge < -0.3 is 10.0 Å². The quantitative estimate of drug-likeness (QED) is 0.784. The summed E-state index contributed by atoms with van der Waals surface area (Å²) in [4.78, 5) is 15.5. The van der Waals surface area contributed by atoms with E-state index >= 15 is 0 Å². The molecule has 0 bridgehead atoms. The average molecular weight is 350 g/mol. The summed E-state index contributed by atoms with van der Waals surface area (Å²) in [5.41, 5.74) is 1.37. The highest BCUT2D eigenvalue weighted by molar-refractivity contribution is 5.55. The van der Waals surface area contributed by atoms with Crippen LogP contribution in [0.3, 0.4) is 0 Å². The highest BCUT2D eigenvalue weighted by Crippen LogP contribution is 2.35. The lowest BCUT2D eigenvalue weighted by atomic mass is 9.86. The Morgan fingerprint density at radius 2 is 1.88 bits per heavy atom. The number of aliphatic hydroxyl groups is 1. The van der Waals surface area contributed by atoms with Gasteiger partial charge in [-0.25, -0.2) is 14.4 Å². The van der Waals surface area contributed by atoms with E-state index in [-0.39, 0.29) is 5.82 Å². The molecule has 6 heteroatoms. The summed E-state index contributed by atoms with van der Waals surface area (Å²) in [5.74, 6) is 1.04. The van der Waals surface area contributed by atoms with Crippen molar-refractivity contribution in [3.63, 3.8) is 0 Å². The zero-order valence-corrected chi connectivity index (χ0v) is 14.4. The lowest BCUT2D eigenvalue weighted by Gasteiger charge is -2.47. The van der Waals surface area contributed by atoms with Gasteiger partial charge in [0.15, 0.2) is 5.82 Å². The molecule has 1 aliphatic rings. The number of hydrogen-bond donors (Lipinski definition) is 1. The molecule has 1 saturated heterocycles. The molecule has 4 rings (SSSR count). The van der Waals surface area contributed by atoms with E-state index in [2.05, 4.69) is 15.0 Å². The average Bonchev–Trinajstić information content (AvgIpc) is 2.66. The Kier molecular flexibility index (Phi) is 4.12. The molecule has 0 saturated carbocycles. The minimum absolute atomic E-state index is 0.308. The van der Waals surface area contributed by atoms with Crippen LogP contribution in [-0.2, 0) is 12.0 Å². The Morgan fingerprint density at radius 1 is 1.12 bits per heavy atom. The first-order valence-electron chi connectivity index (χ1n) is 8.60. The largest absolute Gasteiger partial charge is 0.381 e. The number of aryl methyl sites for hydroxylation is 1. The lowest BCUT2D eigenvalue weighted by molar-refractivity contribution is 0.00699. The number of halogens is 1. The maximum absolute atomic E-state index is 13.1. The Hall–Kier alpha value is -2.86. The van der Waals surface area contributed by atoms with Crippen molar-refractivity contribution in [1.29, 1.82) is 0 Å². The van der Waals surface area contributed by atoms with Crippen LogP contribution < -0.4 is 4.90 Å². The lowest BCUT2D eigenvalue weighted by Crippen LogP contribution is -2.60. The van der Waals surface area contributed by atoms with Crippen molar-refractivity contribution in [3.05, 3.63) is 71.8 Å². The van der Waals surface area contributed by atoms with E-state index in [0.717, 1.165) is 23.6 Å². The highest BCUT2D eigenvalue weighted by Gasteiger charge is 2.43. The van der Waals surface area contributed by atoms with Crippen LogP contribution >= 0.6 is 0 Å². The van der Waals surface area contributed by atoms with Crippen LogP contribution in [0.1, 0.15) is 18.2 Å². The van der Waals surface area contributed by atoms with Gasteiger partial charge in [0.1, 0.15) is 22.9 Å². The van der Waals surface area contributed by atoms with Gasteiger partial charge in [-0.15, -0.1) is 0 Å². The van der Waals surface area contributed by atoms with Crippen molar-refractivity contribution in [3.8, 4) is 11.5 Å². The van der Waals surface area contributed by atoms with E-state index in [9.17, 15) is 9.50 Å². The number of anilines is 1. The predicted molar refractivity (Wildman–Crippen MR) is 97.2 cm³/mol. The normalized spacial score (nSPS) is 15.6. The fourth-order valence-corrected chi connectivity index (χ4v) is 3.13. The van der Waals surface area contributed by atoms with Crippen LogP contribution in [0.2, 0.25) is 0 Å². The molecule has 1 N–H and O–H groups in total. The molecule has 1 aromatic carbocycles. The predicted octanol–water partition coefficient (Wildman–Crippen LogP) is 2.95. The van der Waals surface area contributed by atoms with Gasteiger partial charge in [-0.1, -0.05) is 25.1 Å². The van der Waals surface area contributed by atoms with Gasteiger partial charge in [0, 0.05) is 18.0 Å². The Balaban J connectivity index is 1.60. The van der Waals surface area contributed by atoms with Gasteiger partial charge >= 0.3 is 0 Å². The van der Waals surface area contributed by atoms with Crippen LogP contribution in [0.4, 0.5) is 10.2 Å². The number of β-amino-alcohol motifs (C(OH)–C–C–N with tert-alkyl or cyclic N) is 1. The molecule has 132 valence electrons. The van der Waals surface area contributed by atoms with E-state index in [4.69, 9.17) is 0 Å². The van der Waals surface area contributed by atoms with Crippen molar-refractivity contribution in [2.24, 2.45) is 0 Å². The molecule has 0 amide bonds. The van der Waals surface area contributed by atoms with Crippen molar-refractivity contribution in [1.82, 2.24) is 15.0 Å². The highest BCUT2D eigenvalue weighted by atomic mass is 19.1. The molecule has 3 heterocycles. The third-order valence-corrected chi connectivity index (χ3v) is 4.63. The van der Waals surface area contributed by atoms with E-state index in [1.807, 2.05) is 36.1 Å². The van der Waals surface area contributed by atoms with Crippen LogP contribution in [0, 0.1) is 5.82 Å². The topological polar surface area (TPSA) is 62.1 Å². The third-order valence-electron chi connectivity index (χ3n) is 4.63. The van der Waals surface area contributed by atoms with E-state index in [1.54, 1.807) is 18.3 Å². The molecular weight excluding hydrogens is 331 g/mol. The SMILES string of the molecule is CCc1cc(N2CC(O)(c3ccc(F)cc3)C2)nc(-c2ccccn2)n1. The van der Waals surface area contributed by atoms with Crippen LogP contribution in [0.5, 0.6) is 0 Å². The van der Waals surface area contributed by atoms with Gasteiger partial charge in [-0.05, 0) is 36.2 Å². The van der Waals surface area contributed by atoms with Gasteiger partial charge in [-0.2, -0.15) is 0 Å². The molecule has 1 aliphatic heterocycles. The molecule has 0 atom stereocenters. The first kappa shape index (κ1) is 16.6. The zero-order chi connectivity index (χ0) is 18.1. The first-order chi connectivity index (χ1) is 12.6. The number of rotatable bonds is 4. The van der Waals surface area contributed by atoms with Crippen molar-refractivity contribution in [2.75, 3.05) is 18.0 Å². The van der Waals surface area contributed by atoms with Crippen molar-refractivity contribution < 1.29 is 9.50 Å². The minimum Gasteiger partial charge on any atom is -0.381 e. The Bertz CT molecular complexity index is 909. The standard InChI is InChI=1S/C20H19FN4O/c1-2-16-11-18(24-19(23-16)17-5-3-4-10-22-17)25-12-20(26,13-25)14-6-8-15(21)9-7-14/h3-11,26H,2,12-13H2,1H3. The first-order valence-corrected chi connectivity index (χ1v) is 8.60. The number of pyridine rings is 1. The molecule has 0 radical (unpaired) electrons. The van der Waals surface area contributed by atoms with Crippen LogP contribution in [0.25, 0.3) is 11.5 Å². The molecule has 5 nitrogen and oxygen atoms in total. The second-order valence-electron chi connectivity index (χ2n) is 6.50. The van der Waals surface area contributed by atoms with Gasteiger partial charge in [0.2, 0.25) is 0 Å². The van der Waals surface area contributed by atoms with E-state index < -0.39 is 5.60 Å². The molecule has 0 aliphatic carbocycles. The smallest absolute Gasteiger partial charge is 0.180 e. The molecule has 0 spiro atoms. The second-order valence-corrected chi connectivity index (χ2v) is 6.50. The number of aromatic nitrogens is 3. The summed E-state index contributed by atoms with van der Waals surface area (Å²) in [6.07, 6.45) is 2.50. The monoisotopic (exact) mass is 350 g/mol. The molecule has 26 heavy (non-hydrogen) atoms. The fraction of sp³-hybridized carbons (Fsp3) is 0.250. The summed E-state index contributed by atoms with van der Waals surface area (Å²) < 4.78 is 13.1. The van der Waals surface area contributed by atoms with Gasteiger partial charge in [0.25, 0.3) is 0 Å². The second kappa shape index (κ2) is 6.46. The summed E-state index contributed by atoms with van der Waals surface area (Å²) in [7, 11) is 0. The van der Waals surface area contributed by atoms with Crippen molar-refractivity contribution in [2.45, 2.75) is 18.9 Å². The minimum atomic E-state index is -0.990.